The second-order valence-electron chi connectivity index (χ2n) is 5.26. The van der Waals surface area contributed by atoms with Gasteiger partial charge in [-0.05, 0) is 24.6 Å². The van der Waals surface area contributed by atoms with Gasteiger partial charge in [-0.2, -0.15) is 5.10 Å². The van der Waals surface area contributed by atoms with Gasteiger partial charge in [0.25, 0.3) is 0 Å². The number of rotatable bonds is 5. The summed E-state index contributed by atoms with van der Waals surface area (Å²) in [6, 6.07) is 13.8. The molecular weight excluding hydrogens is 278 g/mol. The quantitative estimate of drug-likeness (QED) is 0.504. The van der Waals surface area contributed by atoms with Crippen LogP contribution in [-0.2, 0) is 9.59 Å². The van der Waals surface area contributed by atoms with E-state index in [1.165, 1.54) is 0 Å². The summed E-state index contributed by atoms with van der Waals surface area (Å²) in [5.41, 5.74) is 3.28. The number of carbonyl (C=O) groups excluding carboxylic acids is 2. The van der Waals surface area contributed by atoms with Gasteiger partial charge in [0.1, 0.15) is 6.42 Å². The Morgan fingerprint density at radius 2 is 1.82 bits per heavy atom. The minimum Gasteiger partial charge on any atom is -0.353 e. The lowest BCUT2D eigenvalue weighted by atomic mass is 10.1. The largest absolute Gasteiger partial charge is 0.353 e. The van der Waals surface area contributed by atoms with E-state index in [-0.39, 0.29) is 18.4 Å². The van der Waals surface area contributed by atoms with Gasteiger partial charge in [-0.25, -0.2) is 5.43 Å². The van der Waals surface area contributed by atoms with E-state index in [0.29, 0.717) is 0 Å². The first-order valence-electron chi connectivity index (χ1n) is 7.15. The summed E-state index contributed by atoms with van der Waals surface area (Å²) in [7, 11) is 0. The molecule has 2 N–H and O–H groups in total. The van der Waals surface area contributed by atoms with Crippen molar-refractivity contribution < 1.29 is 9.59 Å². The van der Waals surface area contributed by atoms with Crippen molar-refractivity contribution in [2.45, 2.75) is 26.3 Å². The lowest BCUT2D eigenvalue weighted by molar-refractivity contribution is -0.129. The molecule has 0 aliphatic carbocycles. The van der Waals surface area contributed by atoms with Crippen molar-refractivity contribution >= 4 is 28.8 Å². The van der Waals surface area contributed by atoms with E-state index in [9.17, 15) is 9.59 Å². The number of hydrogen-bond donors (Lipinski definition) is 2. The molecule has 0 radical (unpaired) electrons. The van der Waals surface area contributed by atoms with Gasteiger partial charge in [0.05, 0.1) is 6.21 Å². The van der Waals surface area contributed by atoms with E-state index in [4.69, 9.17) is 0 Å². The molecule has 0 atom stereocenters. The molecule has 114 valence electrons. The first-order valence-corrected chi connectivity index (χ1v) is 7.15. The molecule has 0 unspecified atom stereocenters. The number of nitrogens with zero attached hydrogens (tertiary/aromatic N) is 1. The molecule has 2 rings (SSSR count). The summed E-state index contributed by atoms with van der Waals surface area (Å²) < 4.78 is 0. The van der Waals surface area contributed by atoms with Crippen LogP contribution in [0.25, 0.3) is 10.8 Å². The number of amides is 2. The third-order valence-electron chi connectivity index (χ3n) is 2.99. The number of fused-ring (bicyclic) bond motifs is 1. The van der Waals surface area contributed by atoms with Crippen LogP contribution in [0.1, 0.15) is 25.8 Å². The maximum Gasteiger partial charge on any atom is 0.249 e. The number of carbonyl (C=O) groups is 2. The van der Waals surface area contributed by atoms with Gasteiger partial charge >= 0.3 is 0 Å². The van der Waals surface area contributed by atoms with Gasteiger partial charge in [0.2, 0.25) is 11.8 Å². The summed E-state index contributed by atoms with van der Waals surface area (Å²) in [6.07, 6.45) is 1.35. The molecule has 0 bridgehead atoms. The molecule has 2 aromatic carbocycles. The Labute approximate surface area is 129 Å². The fraction of sp³-hybridized carbons (Fsp3) is 0.235. The van der Waals surface area contributed by atoms with Crippen LogP contribution in [0, 0.1) is 0 Å². The molecular formula is C17H19N3O2. The first kappa shape index (κ1) is 15.7. The Morgan fingerprint density at radius 1 is 1.09 bits per heavy atom. The summed E-state index contributed by atoms with van der Waals surface area (Å²) in [4.78, 5) is 23.1. The van der Waals surface area contributed by atoms with Crippen LogP contribution in [0.2, 0.25) is 0 Å². The Balaban J connectivity index is 1.97. The zero-order valence-electron chi connectivity index (χ0n) is 12.7. The Kier molecular flexibility index (Phi) is 5.25. The minimum atomic E-state index is -0.436. The molecule has 22 heavy (non-hydrogen) atoms. The molecule has 0 fully saturated rings. The van der Waals surface area contributed by atoms with Crippen LogP contribution in [0.3, 0.4) is 0 Å². The van der Waals surface area contributed by atoms with E-state index in [0.717, 1.165) is 16.3 Å². The molecule has 5 nitrogen and oxygen atoms in total. The molecule has 2 amide bonds. The number of benzene rings is 2. The van der Waals surface area contributed by atoms with Crippen molar-refractivity contribution in [3.8, 4) is 0 Å². The van der Waals surface area contributed by atoms with Crippen LogP contribution in [0.4, 0.5) is 0 Å². The Hall–Kier alpha value is -2.69. The monoisotopic (exact) mass is 297 g/mol. The van der Waals surface area contributed by atoms with Crippen molar-refractivity contribution in [3.05, 3.63) is 48.0 Å². The molecule has 0 aliphatic rings. The average molecular weight is 297 g/mol. The highest BCUT2D eigenvalue weighted by molar-refractivity contribution is 6.01. The maximum atomic E-state index is 11.6. The fourth-order valence-corrected chi connectivity index (χ4v) is 2.10. The molecule has 0 aliphatic heterocycles. The zero-order chi connectivity index (χ0) is 15.9. The van der Waals surface area contributed by atoms with Crippen molar-refractivity contribution in [2.75, 3.05) is 0 Å². The lowest BCUT2D eigenvalue weighted by Crippen LogP contribution is -2.34. The van der Waals surface area contributed by atoms with Crippen LogP contribution in [-0.4, -0.2) is 24.1 Å². The van der Waals surface area contributed by atoms with E-state index in [2.05, 4.69) is 15.8 Å². The predicted molar refractivity (Wildman–Crippen MR) is 87.6 cm³/mol. The summed E-state index contributed by atoms with van der Waals surface area (Å²) in [5.74, 6) is -0.748. The van der Waals surface area contributed by atoms with Gasteiger partial charge in [-0.15, -0.1) is 0 Å². The number of hydrazone groups is 1. The van der Waals surface area contributed by atoms with E-state index < -0.39 is 5.91 Å². The van der Waals surface area contributed by atoms with Crippen molar-refractivity contribution in [1.29, 1.82) is 0 Å². The van der Waals surface area contributed by atoms with E-state index >= 15 is 0 Å². The first-order chi connectivity index (χ1) is 10.6. The summed E-state index contributed by atoms with van der Waals surface area (Å²) >= 11 is 0. The predicted octanol–water partition coefficient (Wildman–Crippen LogP) is 2.20. The Morgan fingerprint density at radius 3 is 2.59 bits per heavy atom. The smallest absolute Gasteiger partial charge is 0.249 e. The summed E-state index contributed by atoms with van der Waals surface area (Å²) in [6.45, 7) is 3.68. The fourth-order valence-electron chi connectivity index (χ4n) is 2.10. The highest BCUT2D eigenvalue weighted by Gasteiger charge is 2.09. The highest BCUT2D eigenvalue weighted by Crippen LogP contribution is 2.16. The number of nitrogens with one attached hydrogen (secondary N) is 2. The van der Waals surface area contributed by atoms with Gasteiger partial charge in [0.15, 0.2) is 0 Å². The van der Waals surface area contributed by atoms with E-state index in [1.807, 2.05) is 56.3 Å². The van der Waals surface area contributed by atoms with Crippen molar-refractivity contribution in [1.82, 2.24) is 10.7 Å². The topological polar surface area (TPSA) is 70.6 Å². The second kappa shape index (κ2) is 7.36. The van der Waals surface area contributed by atoms with Crippen molar-refractivity contribution in [3.63, 3.8) is 0 Å². The van der Waals surface area contributed by atoms with Crippen LogP contribution in [0.15, 0.2) is 47.6 Å². The Bertz CT molecular complexity index is 703. The summed E-state index contributed by atoms with van der Waals surface area (Å²) in [5, 5.41) is 8.74. The molecule has 0 spiro atoms. The molecule has 0 saturated heterocycles. The van der Waals surface area contributed by atoms with Crippen LogP contribution in [0.5, 0.6) is 0 Å². The third kappa shape index (κ3) is 4.41. The molecule has 2 aromatic rings. The van der Waals surface area contributed by atoms with E-state index in [1.54, 1.807) is 6.21 Å². The van der Waals surface area contributed by atoms with Gasteiger partial charge in [-0.3, -0.25) is 9.59 Å². The highest BCUT2D eigenvalue weighted by atomic mass is 16.2. The second-order valence-corrected chi connectivity index (χ2v) is 5.26. The normalized spacial score (nSPS) is 11.0. The molecule has 0 heterocycles. The SMILES string of the molecule is CC(C)NC(=O)CC(=O)NN=Cc1cccc2ccccc12. The lowest BCUT2D eigenvalue weighted by Gasteiger charge is -2.07. The van der Waals surface area contributed by atoms with Gasteiger partial charge < -0.3 is 5.32 Å². The zero-order valence-corrected chi connectivity index (χ0v) is 12.7. The standard InChI is InChI=1S/C17H19N3O2/c1-12(2)19-16(21)10-17(22)20-18-11-14-8-5-7-13-6-3-4-9-15(13)14/h3-9,11-12H,10H2,1-2H3,(H,19,21)(H,20,22). The minimum absolute atomic E-state index is 0.0134. The van der Waals surface area contributed by atoms with Crippen molar-refractivity contribution in [2.24, 2.45) is 5.10 Å². The molecule has 0 saturated carbocycles. The maximum absolute atomic E-state index is 11.6. The average Bonchev–Trinajstić information content (AvgIpc) is 2.46. The molecule has 0 aromatic heterocycles. The number of hydrogen-bond acceptors (Lipinski definition) is 3. The van der Waals surface area contributed by atoms with Gasteiger partial charge in [0, 0.05) is 11.6 Å². The van der Waals surface area contributed by atoms with Crippen LogP contribution >= 0.6 is 0 Å². The third-order valence-corrected chi connectivity index (χ3v) is 2.99. The van der Waals surface area contributed by atoms with Crippen LogP contribution < -0.4 is 10.7 Å². The molecule has 5 heteroatoms. The van der Waals surface area contributed by atoms with Gasteiger partial charge in [-0.1, -0.05) is 42.5 Å².